The van der Waals surface area contributed by atoms with Gasteiger partial charge in [0.05, 0.1) is 6.61 Å². The minimum Gasteiger partial charge on any atom is -0.462 e. The van der Waals surface area contributed by atoms with Crippen LogP contribution in [0.15, 0.2) is 0 Å². The van der Waals surface area contributed by atoms with Crippen LogP contribution in [0.5, 0.6) is 0 Å². The Morgan fingerprint density at radius 1 is 0.593 bits per heavy atom. The van der Waals surface area contributed by atoms with Gasteiger partial charge < -0.3 is 34.3 Å². The van der Waals surface area contributed by atoms with Gasteiger partial charge in [-0.1, -0.05) is 168 Å². The molecule has 12 nitrogen and oxygen atoms in total. The molecule has 1 fully saturated rings. The summed E-state index contributed by atoms with van der Waals surface area (Å²) in [4.78, 5) is 25.4. The topological polar surface area (TPSA) is 186 Å². The Balaban J connectivity index is 2.50. The SMILES string of the molecule is [2H]OS(=O)(=O)C[C@H]1OC(OCC(COC(=O)CCCCCCCCCCCCCCC)OC(=O)CCCCCCCCCCCCCCC)[C@H](O)[C@@H](O)[C@@H]1O. The molecule has 0 aromatic rings. The van der Waals surface area contributed by atoms with E-state index in [2.05, 4.69) is 18.4 Å². The van der Waals surface area contributed by atoms with Crippen LogP contribution in [0, 0.1) is 0 Å². The number of hydrogen-bond donors (Lipinski definition) is 4. The van der Waals surface area contributed by atoms with Crippen LogP contribution in [0.1, 0.15) is 194 Å². The zero-order valence-electron chi connectivity index (χ0n) is 34.8. The molecule has 1 heterocycles. The summed E-state index contributed by atoms with van der Waals surface area (Å²) in [6, 6.07) is 0. The Bertz CT molecular complexity index is 1050. The van der Waals surface area contributed by atoms with E-state index in [0.29, 0.717) is 12.8 Å². The molecule has 0 amide bonds. The van der Waals surface area contributed by atoms with Gasteiger partial charge in [-0.2, -0.15) is 8.42 Å². The lowest BCUT2D eigenvalue weighted by molar-refractivity contribution is -0.297. The van der Waals surface area contributed by atoms with E-state index in [1.807, 2.05) is 0 Å². The molecular weight excluding hydrogens is 717 g/mol. The van der Waals surface area contributed by atoms with Crippen molar-refractivity contribution in [3.63, 3.8) is 0 Å². The molecule has 54 heavy (non-hydrogen) atoms. The molecule has 0 spiro atoms. The summed E-state index contributed by atoms with van der Waals surface area (Å²) < 4.78 is 56.0. The van der Waals surface area contributed by atoms with Crippen molar-refractivity contribution in [2.45, 2.75) is 230 Å². The third kappa shape index (κ3) is 27.3. The second kappa shape index (κ2) is 32.7. The molecule has 0 bridgehead atoms. The normalized spacial score (nSPS) is 21.1. The van der Waals surface area contributed by atoms with Gasteiger partial charge in [0.25, 0.3) is 10.1 Å². The standard InChI is InChI=1S/C41H78O12S/c1-3-5-7-9-11-13-15-17-19-21-23-25-27-29-36(42)50-31-34(32-51-41-40(46)39(45)38(44)35(53-41)33-54(47,48)49)52-37(43)30-28-26-24-22-20-18-16-14-12-10-8-6-4-2/h34-35,38-41,44-46H,3-33H2,1-2H3,(H,47,48,49)/t34?,35-,38-,39+,40-,41?/m1/s1/i/hD. The minimum absolute atomic E-state index is 0.168. The summed E-state index contributed by atoms with van der Waals surface area (Å²) in [6.07, 6.45) is 21.4. The van der Waals surface area contributed by atoms with Gasteiger partial charge in [-0.3, -0.25) is 14.1 Å². The Labute approximate surface area is 329 Å². The highest BCUT2D eigenvalue weighted by Gasteiger charge is 2.46. The van der Waals surface area contributed by atoms with Gasteiger partial charge in [-0.25, -0.2) is 0 Å². The highest BCUT2D eigenvalue weighted by Crippen LogP contribution is 2.24. The quantitative estimate of drug-likeness (QED) is 0.0269. The number of carbonyl (C=O) groups is 2. The van der Waals surface area contributed by atoms with Crippen LogP contribution in [-0.2, 0) is 38.7 Å². The van der Waals surface area contributed by atoms with E-state index in [9.17, 15) is 33.3 Å². The number of ether oxygens (including phenoxy) is 4. The van der Waals surface area contributed by atoms with Crippen molar-refractivity contribution in [3.05, 3.63) is 0 Å². The first kappa shape index (κ1) is 48.8. The van der Waals surface area contributed by atoms with E-state index >= 15 is 0 Å². The van der Waals surface area contributed by atoms with E-state index in [4.69, 9.17) is 20.4 Å². The van der Waals surface area contributed by atoms with Crippen LogP contribution in [-0.4, -0.2) is 96.0 Å². The molecule has 320 valence electrons. The fourth-order valence-electron chi connectivity index (χ4n) is 6.79. The number of aliphatic hydroxyl groups excluding tert-OH is 3. The lowest BCUT2D eigenvalue weighted by atomic mass is 10.00. The summed E-state index contributed by atoms with van der Waals surface area (Å²) >= 11 is 0. The smallest absolute Gasteiger partial charge is 0.306 e. The van der Waals surface area contributed by atoms with Gasteiger partial charge in [-0.15, -0.1) is 0 Å². The molecule has 0 aromatic carbocycles. The molecular formula is C41H78O12S. The molecule has 0 radical (unpaired) electrons. The maximum Gasteiger partial charge on any atom is 0.306 e. The first-order valence-corrected chi connectivity index (χ1v) is 23.2. The predicted octanol–water partition coefficient (Wildman–Crippen LogP) is 8.12. The molecule has 1 rings (SSSR count). The summed E-state index contributed by atoms with van der Waals surface area (Å²) in [6.45, 7) is 3.75. The Hall–Kier alpha value is -1.35. The highest BCUT2D eigenvalue weighted by atomic mass is 32.2. The largest absolute Gasteiger partial charge is 0.462 e. The van der Waals surface area contributed by atoms with E-state index < -0.39 is 71.2 Å². The van der Waals surface area contributed by atoms with Crippen molar-refractivity contribution < 1.29 is 56.8 Å². The lowest BCUT2D eigenvalue weighted by Crippen LogP contribution is -2.60. The monoisotopic (exact) mass is 796 g/mol. The van der Waals surface area contributed by atoms with Gasteiger partial charge in [0.15, 0.2) is 12.4 Å². The van der Waals surface area contributed by atoms with Crippen LogP contribution in [0.3, 0.4) is 0 Å². The first-order chi connectivity index (χ1) is 26.5. The lowest BCUT2D eigenvalue weighted by Gasteiger charge is -2.40. The predicted molar refractivity (Wildman–Crippen MR) is 211 cm³/mol. The Morgan fingerprint density at radius 3 is 1.43 bits per heavy atom. The minimum atomic E-state index is -4.42. The zero-order valence-corrected chi connectivity index (χ0v) is 34.6. The Morgan fingerprint density at radius 2 is 1.00 bits per heavy atom. The van der Waals surface area contributed by atoms with Crippen LogP contribution < -0.4 is 0 Å². The van der Waals surface area contributed by atoms with Crippen LogP contribution >= 0.6 is 0 Å². The number of unbranched alkanes of at least 4 members (excludes halogenated alkanes) is 24. The van der Waals surface area contributed by atoms with Crippen molar-refractivity contribution in [2.75, 3.05) is 19.0 Å². The summed E-state index contributed by atoms with van der Waals surface area (Å²) in [5.74, 6) is -1.91. The molecule has 0 aromatic heterocycles. The third-order valence-corrected chi connectivity index (χ3v) is 10.9. The van der Waals surface area contributed by atoms with Gasteiger partial charge in [0, 0.05) is 12.8 Å². The van der Waals surface area contributed by atoms with Crippen LogP contribution in [0.25, 0.3) is 1.43 Å². The average molecular weight is 796 g/mol. The van der Waals surface area contributed by atoms with E-state index in [0.717, 1.165) is 38.5 Å². The number of carbonyl (C=O) groups excluding carboxylic acids is 2. The summed E-state index contributed by atoms with van der Waals surface area (Å²) in [5.41, 5.74) is 0. The fraction of sp³-hybridized carbons (Fsp3) is 0.951. The molecule has 13 heteroatoms. The molecule has 0 aliphatic carbocycles. The van der Waals surface area contributed by atoms with Crippen LogP contribution in [0.4, 0.5) is 0 Å². The second-order valence-electron chi connectivity index (χ2n) is 15.4. The van der Waals surface area contributed by atoms with Gasteiger partial charge in [0.2, 0.25) is 1.43 Å². The molecule has 2 unspecified atom stereocenters. The number of esters is 2. The van der Waals surface area contributed by atoms with Crippen molar-refractivity contribution in [1.82, 2.24) is 0 Å². The fourth-order valence-corrected chi connectivity index (χ4v) is 7.47. The maximum atomic E-state index is 12.8. The summed E-state index contributed by atoms with van der Waals surface area (Å²) in [5, 5.41) is 31.0. The zero-order chi connectivity index (χ0) is 40.6. The average Bonchev–Trinajstić information content (AvgIpc) is 3.16. The maximum absolute atomic E-state index is 12.8. The van der Waals surface area contributed by atoms with Gasteiger partial charge >= 0.3 is 11.9 Å². The van der Waals surface area contributed by atoms with Crippen molar-refractivity contribution >= 4 is 22.1 Å². The summed E-state index contributed by atoms with van der Waals surface area (Å²) in [7, 11) is -4.42. The number of rotatable bonds is 37. The van der Waals surface area contributed by atoms with Crippen LogP contribution in [0.2, 0.25) is 0 Å². The highest BCUT2D eigenvalue weighted by molar-refractivity contribution is 7.85. The van der Waals surface area contributed by atoms with Crippen molar-refractivity contribution in [1.29, 1.82) is 1.43 Å². The molecule has 1 aliphatic heterocycles. The molecule has 0 saturated carbocycles. The number of hydrogen-bond acceptors (Lipinski definition) is 12. The van der Waals surface area contributed by atoms with Gasteiger partial charge in [0.1, 0.15) is 36.8 Å². The number of aliphatic hydroxyl groups is 3. The molecule has 1 aliphatic rings. The first-order valence-electron chi connectivity index (χ1n) is 22.0. The second-order valence-corrected chi connectivity index (χ2v) is 16.8. The van der Waals surface area contributed by atoms with E-state index in [1.165, 1.54) is 116 Å². The molecule has 6 atom stereocenters. The van der Waals surface area contributed by atoms with Gasteiger partial charge in [-0.05, 0) is 12.8 Å². The molecule has 4 N–H and O–H groups in total. The van der Waals surface area contributed by atoms with E-state index in [1.54, 1.807) is 0 Å². The van der Waals surface area contributed by atoms with Crippen molar-refractivity contribution in [2.24, 2.45) is 0 Å². The van der Waals surface area contributed by atoms with E-state index in [-0.39, 0.29) is 19.4 Å². The third-order valence-electron chi connectivity index (χ3n) is 10.2. The Kier molecular flexibility index (Phi) is 29.6. The molecule has 1 saturated heterocycles. The van der Waals surface area contributed by atoms with Crippen molar-refractivity contribution in [3.8, 4) is 0 Å².